The van der Waals surface area contributed by atoms with Crippen LogP contribution >= 0.6 is 34.8 Å². The number of nitrogens with zero attached hydrogens (tertiary/aromatic N) is 4. The Labute approximate surface area is 283 Å². The van der Waals surface area contributed by atoms with E-state index >= 15 is 0 Å². The molecule has 1 aliphatic carbocycles. The molecule has 46 heavy (non-hydrogen) atoms. The van der Waals surface area contributed by atoms with E-state index in [0.29, 0.717) is 41.1 Å². The largest absolute Gasteiger partial charge is 0.457 e. The zero-order chi connectivity index (χ0) is 33.9. The summed E-state index contributed by atoms with van der Waals surface area (Å²) in [4.78, 5) is 28.5. The molecule has 1 saturated carbocycles. The molecule has 242 valence electrons. The minimum Gasteiger partial charge on any atom is -0.457 e. The third-order valence-electron chi connectivity index (χ3n) is 7.33. The van der Waals surface area contributed by atoms with Gasteiger partial charge in [0.25, 0.3) is 6.20 Å². The fourth-order valence-electron chi connectivity index (χ4n) is 4.79. The van der Waals surface area contributed by atoms with Gasteiger partial charge in [-0.1, -0.05) is 85.0 Å². The highest BCUT2D eigenvalue weighted by molar-refractivity contribution is 6.55. The molecule has 0 aliphatic heterocycles. The van der Waals surface area contributed by atoms with Gasteiger partial charge in [0.05, 0.1) is 10.8 Å². The second kappa shape index (κ2) is 16.9. The lowest BCUT2D eigenvalue weighted by molar-refractivity contribution is -0.404. The molecule has 1 fully saturated rings. The molecular weight excluding hydrogens is 653 g/mol. The van der Waals surface area contributed by atoms with Gasteiger partial charge in [-0.2, -0.15) is 5.26 Å². The van der Waals surface area contributed by atoms with Crippen LogP contribution in [0.4, 0.5) is 0 Å². The Kier molecular flexibility index (Phi) is 13.2. The van der Waals surface area contributed by atoms with E-state index in [4.69, 9.17) is 44.3 Å². The van der Waals surface area contributed by atoms with E-state index in [2.05, 4.69) is 10.3 Å². The Bertz CT molecular complexity index is 1590. The van der Waals surface area contributed by atoms with Crippen LogP contribution in [0.15, 0.2) is 95.5 Å². The van der Waals surface area contributed by atoms with Gasteiger partial charge in [-0.05, 0) is 60.2 Å². The maximum atomic E-state index is 12.6. The summed E-state index contributed by atoms with van der Waals surface area (Å²) in [5.41, 5.74) is 1.17. The third kappa shape index (κ3) is 10.4. The summed E-state index contributed by atoms with van der Waals surface area (Å²) in [5, 5.41) is 23.3. The number of carbonyl (C=O) groups excluding carboxylic acids is 1. The molecule has 1 unspecified atom stereocenters. The van der Waals surface area contributed by atoms with Gasteiger partial charge in [-0.15, -0.1) is 0 Å². The molecule has 1 heterocycles. The molecule has 1 aliphatic rings. The minimum absolute atomic E-state index is 0.114. The van der Waals surface area contributed by atoms with Crippen LogP contribution in [-0.2, 0) is 16.1 Å². The van der Waals surface area contributed by atoms with Crippen LogP contribution in [0.2, 0.25) is 5.15 Å². The number of halogens is 3. The smallest absolute Gasteiger partial charge is 0.311 e. The summed E-state index contributed by atoms with van der Waals surface area (Å²) in [5.74, 6) is 0.745. The zero-order valence-corrected chi connectivity index (χ0v) is 28.0. The number of nitriles is 1. The topological polar surface area (TPSA) is 131 Å². The predicted octanol–water partition coefficient (Wildman–Crippen LogP) is 8.03. The molecular formula is C33H34Cl3N5O5. The molecule has 2 aromatic carbocycles. The number of ether oxygens (including phenoxy) is 2. The number of allylic oxidation sites excluding steroid dienone is 1. The van der Waals surface area contributed by atoms with Crippen molar-refractivity contribution in [2.45, 2.75) is 33.4 Å². The van der Waals surface area contributed by atoms with E-state index in [-0.39, 0.29) is 21.7 Å². The van der Waals surface area contributed by atoms with Gasteiger partial charge in [-0.25, -0.2) is 4.98 Å². The minimum atomic E-state index is -1.03. The highest BCUT2D eigenvalue weighted by Crippen LogP contribution is 2.60. The summed E-state index contributed by atoms with van der Waals surface area (Å²) in [7, 11) is 1.65. The number of carbonyl (C=O) groups is 1. The molecule has 4 rings (SSSR count). The normalized spacial score (nSPS) is 16.8. The van der Waals surface area contributed by atoms with Crippen molar-refractivity contribution in [2.75, 3.05) is 13.6 Å². The SMILES string of the molecule is CC1(C)[C@H](C=C(Cl)Cl)[C@H]1C(=O)OC(C#N)c1cccc(Oc2ccccc2)c1.CCN(Cc1ccc(Cl)nc1)/C(=C/[N+](=O)[O-])NC. The van der Waals surface area contributed by atoms with Crippen LogP contribution in [0.3, 0.4) is 0 Å². The lowest BCUT2D eigenvalue weighted by Crippen LogP contribution is -2.30. The Morgan fingerprint density at radius 1 is 1.17 bits per heavy atom. The molecule has 0 radical (unpaired) electrons. The predicted molar refractivity (Wildman–Crippen MR) is 177 cm³/mol. The molecule has 3 atom stereocenters. The highest BCUT2D eigenvalue weighted by atomic mass is 35.5. The number of aromatic nitrogens is 1. The summed E-state index contributed by atoms with van der Waals surface area (Å²) in [6, 6.07) is 21.8. The second-order valence-corrected chi connectivity index (χ2v) is 12.2. The molecule has 0 bridgehead atoms. The molecule has 0 spiro atoms. The first-order valence-corrected chi connectivity index (χ1v) is 15.4. The fraction of sp³-hybridized carbons (Fsp3) is 0.303. The number of hydrogen-bond donors (Lipinski definition) is 1. The Morgan fingerprint density at radius 3 is 2.43 bits per heavy atom. The van der Waals surface area contributed by atoms with E-state index in [1.165, 1.54) is 0 Å². The van der Waals surface area contributed by atoms with Crippen LogP contribution in [0.25, 0.3) is 0 Å². The van der Waals surface area contributed by atoms with Gasteiger partial charge < -0.3 is 19.7 Å². The van der Waals surface area contributed by atoms with Crippen molar-refractivity contribution in [3.63, 3.8) is 0 Å². The summed E-state index contributed by atoms with van der Waals surface area (Å²) in [6.45, 7) is 6.97. The van der Waals surface area contributed by atoms with Gasteiger partial charge in [0.2, 0.25) is 6.10 Å². The monoisotopic (exact) mass is 685 g/mol. The molecule has 3 aromatic rings. The van der Waals surface area contributed by atoms with Crippen LogP contribution in [0, 0.1) is 38.7 Å². The summed E-state index contributed by atoms with van der Waals surface area (Å²) < 4.78 is 11.4. The first-order chi connectivity index (χ1) is 21.9. The summed E-state index contributed by atoms with van der Waals surface area (Å²) >= 11 is 17.2. The number of hydrogen-bond acceptors (Lipinski definition) is 9. The summed E-state index contributed by atoms with van der Waals surface area (Å²) in [6.07, 6.45) is 3.22. The number of nitro groups is 1. The molecule has 0 saturated heterocycles. The van der Waals surface area contributed by atoms with Crippen molar-refractivity contribution >= 4 is 40.8 Å². The molecule has 1 aromatic heterocycles. The maximum Gasteiger partial charge on any atom is 0.311 e. The van der Waals surface area contributed by atoms with Gasteiger partial charge in [0, 0.05) is 31.9 Å². The quantitative estimate of drug-likeness (QED) is 0.0871. The molecule has 10 nitrogen and oxygen atoms in total. The van der Waals surface area contributed by atoms with E-state index in [0.717, 1.165) is 11.8 Å². The van der Waals surface area contributed by atoms with E-state index in [9.17, 15) is 20.2 Å². The first kappa shape index (κ1) is 36.2. The number of benzene rings is 2. The number of nitrogens with one attached hydrogen (secondary N) is 1. The Hall–Kier alpha value is -4.30. The number of rotatable bonds is 12. The lowest BCUT2D eigenvalue weighted by atomic mass is 10.1. The Balaban J connectivity index is 0.000000277. The van der Waals surface area contributed by atoms with Crippen LogP contribution in [-0.4, -0.2) is 34.4 Å². The number of esters is 1. The fourth-order valence-corrected chi connectivity index (χ4v) is 5.17. The molecule has 0 amide bonds. The van der Waals surface area contributed by atoms with Crippen LogP contribution in [0.5, 0.6) is 11.5 Å². The zero-order valence-electron chi connectivity index (χ0n) is 25.7. The Morgan fingerprint density at radius 2 is 1.87 bits per heavy atom. The average Bonchev–Trinajstić information content (AvgIpc) is 3.57. The lowest BCUT2D eigenvalue weighted by Gasteiger charge is -2.23. The van der Waals surface area contributed by atoms with E-state index < -0.39 is 17.0 Å². The van der Waals surface area contributed by atoms with Gasteiger partial charge >= 0.3 is 5.97 Å². The molecule has 13 heteroatoms. The first-order valence-electron chi connectivity index (χ1n) is 14.2. The standard InChI is InChI=1S/C22H19Cl2NO3.C11H15ClN4O2/c1-22(2)17(12-19(23)24)20(22)21(26)28-18(13-25)14-7-6-10-16(11-14)27-15-8-4-3-5-9-15;1-3-15(11(13-2)8-16(17)18)7-9-4-5-10(12)14-6-9/h3-12,17-18,20H,1-2H3;4-6,8,13H,3,7H2,1-2H3/b;11-8+/t17-,18?,20+;/m1./s1. The number of para-hydroxylation sites is 1. The van der Waals surface area contributed by atoms with Crippen molar-refractivity contribution in [1.29, 1.82) is 5.26 Å². The third-order valence-corrected chi connectivity index (χ3v) is 7.81. The molecule has 1 N–H and O–H groups in total. The van der Waals surface area contributed by atoms with Crippen molar-refractivity contribution in [3.05, 3.63) is 122 Å². The van der Waals surface area contributed by atoms with E-state index in [1.807, 2.05) is 68.1 Å². The van der Waals surface area contributed by atoms with Crippen LogP contribution < -0.4 is 10.1 Å². The van der Waals surface area contributed by atoms with Crippen molar-refractivity contribution in [1.82, 2.24) is 15.2 Å². The van der Waals surface area contributed by atoms with E-state index in [1.54, 1.807) is 49.7 Å². The average molecular weight is 687 g/mol. The van der Waals surface area contributed by atoms with Crippen molar-refractivity contribution < 1.29 is 19.2 Å². The van der Waals surface area contributed by atoms with Crippen molar-refractivity contribution in [2.24, 2.45) is 17.3 Å². The van der Waals surface area contributed by atoms with Crippen LogP contribution in [0.1, 0.15) is 38.0 Å². The highest BCUT2D eigenvalue weighted by Gasteiger charge is 2.62. The second-order valence-electron chi connectivity index (χ2n) is 10.8. The van der Waals surface area contributed by atoms with Crippen molar-refractivity contribution in [3.8, 4) is 17.6 Å². The maximum absolute atomic E-state index is 12.6. The van der Waals surface area contributed by atoms with Gasteiger partial charge in [-0.3, -0.25) is 14.9 Å². The number of pyridine rings is 1. The van der Waals surface area contributed by atoms with Gasteiger partial charge in [0.1, 0.15) is 27.2 Å². The van der Waals surface area contributed by atoms with Gasteiger partial charge in [0.15, 0.2) is 5.82 Å².